The van der Waals surface area contributed by atoms with Gasteiger partial charge in [-0.1, -0.05) is 11.6 Å². The van der Waals surface area contributed by atoms with E-state index in [4.69, 9.17) is 11.6 Å². The first-order chi connectivity index (χ1) is 9.70. The standard InChI is InChI=1S/C16H20ClN3/c1-18-12-14-11-15(17)3-4-16(14)20(2)10-7-13-5-8-19-9-6-13/h3-6,8-9,11,18H,7,10,12H2,1-2H3. The van der Waals surface area contributed by atoms with E-state index < -0.39 is 0 Å². The molecule has 0 aliphatic heterocycles. The van der Waals surface area contributed by atoms with Gasteiger partial charge in [0.15, 0.2) is 0 Å². The Hall–Kier alpha value is -1.58. The molecule has 0 bridgehead atoms. The van der Waals surface area contributed by atoms with Crippen LogP contribution in [-0.4, -0.2) is 25.6 Å². The van der Waals surface area contributed by atoms with Crippen LogP contribution in [-0.2, 0) is 13.0 Å². The molecule has 4 heteroatoms. The lowest BCUT2D eigenvalue weighted by Crippen LogP contribution is -2.22. The van der Waals surface area contributed by atoms with E-state index in [0.29, 0.717) is 0 Å². The van der Waals surface area contributed by atoms with E-state index in [1.165, 1.54) is 16.8 Å². The molecule has 0 aliphatic carbocycles. The molecule has 1 heterocycles. The molecular weight excluding hydrogens is 270 g/mol. The van der Waals surface area contributed by atoms with Crippen LogP contribution in [0.1, 0.15) is 11.1 Å². The van der Waals surface area contributed by atoms with Crippen LogP contribution in [0.2, 0.25) is 5.02 Å². The number of anilines is 1. The van der Waals surface area contributed by atoms with Crippen molar-refractivity contribution in [1.29, 1.82) is 0 Å². The molecule has 0 spiro atoms. The second kappa shape index (κ2) is 7.27. The molecule has 1 N–H and O–H groups in total. The number of halogens is 1. The van der Waals surface area contributed by atoms with Gasteiger partial charge in [0.05, 0.1) is 0 Å². The molecule has 0 saturated carbocycles. The Morgan fingerprint density at radius 3 is 2.65 bits per heavy atom. The molecule has 0 aliphatic rings. The fourth-order valence-electron chi connectivity index (χ4n) is 2.23. The Bertz CT molecular complexity index is 543. The zero-order valence-electron chi connectivity index (χ0n) is 11.9. The molecule has 106 valence electrons. The third-order valence-corrected chi connectivity index (χ3v) is 3.54. The summed E-state index contributed by atoms with van der Waals surface area (Å²) in [5, 5.41) is 3.97. The zero-order chi connectivity index (χ0) is 14.4. The molecule has 0 fully saturated rings. The minimum atomic E-state index is 0.779. The van der Waals surface area contributed by atoms with Crippen LogP contribution in [0, 0.1) is 0 Å². The van der Waals surface area contributed by atoms with Gasteiger partial charge in [-0.25, -0.2) is 0 Å². The average molecular weight is 290 g/mol. The van der Waals surface area contributed by atoms with Crippen LogP contribution >= 0.6 is 11.6 Å². The van der Waals surface area contributed by atoms with Crippen molar-refractivity contribution in [2.75, 3.05) is 25.5 Å². The first-order valence-electron chi connectivity index (χ1n) is 6.74. The maximum atomic E-state index is 6.08. The average Bonchev–Trinajstić information content (AvgIpc) is 2.46. The maximum Gasteiger partial charge on any atom is 0.0410 e. The molecular formula is C16H20ClN3. The zero-order valence-corrected chi connectivity index (χ0v) is 12.7. The number of benzene rings is 1. The predicted octanol–water partition coefficient (Wildman–Crippen LogP) is 3.13. The quantitative estimate of drug-likeness (QED) is 0.885. The SMILES string of the molecule is CNCc1cc(Cl)ccc1N(C)CCc1ccncc1. The van der Waals surface area contributed by atoms with Crippen LogP contribution in [0.4, 0.5) is 5.69 Å². The van der Waals surface area contributed by atoms with Crippen LogP contribution in [0.5, 0.6) is 0 Å². The molecule has 0 atom stereocenters. The van der Waals surface area contributed by atoms with Gasteiger partial charge in [0.1, 0.15) is 0 Å². The first kappa shape index (κ1) is 14.8. The summed E-state index contributed by atoms with van der Waals surface area (Å²) in [5.74, 6) is 0. The number of nitrogens with zero attached hydrogens (tertiary/aromatic N) is 2. The number of hydrogen-bond acceptors (Lipinski definition) is 3. The number of aromatic nitrogens is 1. The molecule has 20 heavy (non-hydrogen) atoms. The minimum Gasteiger partial charge on any atom is -0.374 e. The van der Waals surface area contributed by atoms with E-state index in [0.717, 1.165) is 24.5 Å². The van der Waals surface area contributed by atoms with Gasteiger partial charge in [0, 0.05) is 43.2 Å². The first-order valence-corrected chi connectivity index (χ1v) is 7.11. The fraction of sp³-hybridized carbons (Fsp3) is 0.312. The monoisotopic (exact) mass is 289 g/mol. The summed E-state index contributed by atoms with van der Waals surface area (Å²) < 4.78 is 0. The summed E-state index contributed by atoms with van der Waals surface area (Å²) in [7, 11) is 4.06. The van der Waals surface area contributed by atoms with Crippen molar-refractivity contribution in [2.45, 2.75) is 13.0 Å². The van der Waals surface area contributed by atoms with E-state index in [1.807, 2.05) is 31.6 Å². The highest BCUT2D eigenvalue weighted by Gasteiger charge is 2.08. The second-order valence-corrected chi connectivity index (χ2v) is 5.27. The number of hydrogen-bond donors (Lipinski definition) is 1. The van der Waals surface area contributed by atoms with Crippen molar-refractivity contribution in [3.05, 3.63) is 58.9 Å². The highest BCUT2D eigenvalue weighted by atomic mass is 35.5. The van der Waals surface area contributed by atoms with Crippen molar-refractivity contribution in [3.8, 4) is 0 Å². The lowest BCUT2D eigenvalue weighted by atomic mass is 10.1. The van der Waals surface area contributed by atoms with Gasteiger partial charge >= 0.3 is 0 Å². The van der Waals surface area contributed by atoms with Crippen LogP contribution in [0.3, 0.4) is 0 Å². The largest absolute Gasteiger partial charge is 0.374 e. The molecule has 0 unspecified atom stereocenters. The maximum absolute atomic E-state index is 6.08. The molecule has 0 saturated heterocycles. The van der Waals surface area contributed by atoms with E-state index in [9.17, 15) is 0 Å². The van der Waals surface area contributed by atoms with Gasteiger partial charge in [0.25, 0.3) is 0 Å². The molecule has 0 radical (unpaired) electrons. The van der Waals surface area contributed by atoms with E-state index in [1.54, 1.807) is 0 Å². The summed E-state index contributed by atoms with van der Waals surface area (Å²) in [6.07, 6.45) is 4.68. The van der Waals surface area contributed by atoms with Gasteiger partial charge in [0.2, 0.25) is 0 Å². The van der Waals surface area contributed by atoms with Crippen LogP contribution < -0.4 is 10.2 Å². The topological polar surface area (TPSA) is 28.2 Å². The van der Waals surface area contributed by atoms with Crippen LogP contribution in [0.25, 0.3) is 0 Å². The Kier molecular flexibility index (Phi) is 5.39. The summed E-state index contributed by atoms with van der Waals surface area (Å²) >= 11 is 6.08. The predicted molar refractivity (Wildman–Crippen MR) is 85.4 cm³/mol. The van der Waals surface area contributed by atoms with Gasteiger partial charge in [-0.05, 0) is 54.9 Å². The van der Waals surface area contributed by atoms with Crippen molar-refractivity contribution < 1.29 is 0 Å². The highest BCUT2D eigenvalue weighted by Crippen LogP contribution is 2.23. The highest BCUT2D eigenvalue weighted by molar-refractivity contribution is 6.30. The van der Waals surface area contributed by atoms with Gasteiger partial charge < -0.3 is 10.2 Å². The summed E-state index contributed by atoms with van der Waals surface area (Å²) in [6, 6.07) is 10.2. The fourth-order valence-corrected chi connectivity index (χ4v) is 2.42. The van der Waals surface area contributed by atoms with E-state index in [2.05, 4.69) is 40.4 Å². The Morgan fingerprint density at radius 1 is 1.20 bits per heavy atom. The molecule has 0 amide bonds. The smallest absolute Gasteiger partial charge is 0.0410 e. The number of nitrogens with one attached hydrogen (secondary N) is 1. The Morgan fingerprint density at radius 2 is 1.95 bits per heavy atom. The molecule has 2 rings (SSSR count). The number of pyridine rings is 1. The van der Waals surface area contributed by atoms with Crippen LogP contribution in [0.15, 0.2) is 42.7 Å². The van der Waals surface area contributed by atoms with Gasteiger partial charge in [-0.2, -0.15) is 0 Å². The Balaban J connectivity index is 2.06. The number of rotatable bonds is 6. The molecule has 1 aromatic carbocycles. The van der Waals surface area contributed by atoms with E-state index in [-0.39, 0.29) is 0 Å². The molecule has 3 nitrogen and oxygen atoms in total. The lowest BCUT2D eigenvalue weighted by molar-refractivity contribution is 0.801. The summed E-state index contributed by atoms with van der Waals surface area (Å²) in [5.41, 5.74) is 3.74. The summed E-state index contributed by atoms with van der Waals surface area (Å²) in [6.45, 7) is 1.78. The molecule has 1 aromatic heterocycles. The second-order valence-electron chi connectivity index (χ2n) is 4.83. The van der Waals surface area contributed by atoms with Gasteiger partial charge in [-0.3, -0.25) is 4.98 Å². The van der Waals surface area contributed by atoms with Crippen molar-refractivity contribution in [1.82, 2.24) is 10.3 Å². The minimum absolute atomic E-state index is 0.779. The van der Waals surface area contributed by atoms with E-state index >= 15 is 0 Å². The third-order valence-electron chi connectivity index (χ3n) is 3.31. The molecule has 2 aromatic rings. The third kappa shape index (κ3) is 3.95. The van der Waals surface area contributed by atoms with Crippen molar-refractivity contribution in [3.63, 3.8) is 0 Å². The lowest BCUT2D eigenvalue weighted by Gasteiger charge is -2.23. The van der Waals surface area contributed by atoms with Gasteiger partial charge in [-0.15, -0.1) is 0 Å². The summed E-state index contributed by atoms with van der Waals surface area (Å²) in [4.78, 5) is 6.31. The normalized spacial score (nSPS) is 10.6. The number of likely N-dealkylation sites (N-methyl/N-ethyl adjacent to an activating group) is 1. The van der Waals surface area contributed by atoms with Crippen molar-refractivity contribution >= 4 is 17.3 Å². The van der Waals surface area contributed by atoms with Crippen molar-refractivity contribution in [2.24, 2.45) is 0 Å². The Labute approximate surface area is 125 Å².